The molecule has 1 saturated carbocycles. The Hall–Kier alpha value is -3.26. The Morgan fingerprint density at radius 3 is 2.86 bits per heavy atom. The summed E-state index contributed by atoms with van der Waals surface area (Å²) < 4.78 is 6.43. The predicted octanol–water partition coefficient (Wildman–Crippen LogP) is 2.92. The third kappa shape index (κ3) is 5.88. The lowest BCUT2D eigenvalue weighted by Gasteiger charge is -2.32. The van der Waals surface area contributed by atoms with E-state index in [0.29, 0.717) is 25.1 Å². The molecule has 1 aliphatic carbocycles. The minimum absolute atomic E-state index is 0.0334. The van der Waals surface area contributed by atoms with Crippen molar-refractivity contribution in [3.63, 3.8) is 0 Å². The van der Waals surface area contributed by atoms with Crippen LogP contribution in [0.15, 0.2) is 36.4 Å². The number of rotatable bonds is 10. The molecule has 35 heavy (non-hydrogen) atoms. The highest BCUT2D eigenvalue weighted by Crippen LogP contribution is 2.31. The van der Waals surface area contributed by atoms with Crippen LogP contribution < -0.4 is 15.4 Å². The van der Waals surface area contributed by atoms with E-state index in [1.54, 1.807) is 18.0 Å². The monoisotopic (exact) mass is 478 g/mol. The number of ether oxygens (including phenoxy) is 1. The summed E-state index contributed by atoms with van der Waals surface area (Å²) in [7, 11) is 1.54. The minimum atomic E-state index is -0.670. The minimum Gasteiger partial charge on any atom is -0.489 e. The van der Waals surface area contributed by atoms with E-state index in [1.165, 1.54) is 0 Å². The van der Waals surface area contributed by atoms with Crippen molar-refractivity contribution in [2.75, 3.05) is 7.05 Å². The highest BCUT2D eigenvalue weighted by molar-refractivity contribution is 6.01. The summed E-state index contributed by atoms with van der Waals surface area (Å²) in [6.07, 6.45) is 5.62. The number of aryl methyl sites for hydroxylation is 1. The Labute approximate surface area is 206 Å². The topological polar surface area (TPSA) is 101 Å². The summed E-state index contributed by atoms with van der Waals surface area (Å²) in [5, 5.41) is 6.24. The van der Waals surface area contributed by atoms with Gasteiger partial charge in [0.2, 0.25) is 5.91 Å². The van der Waals surface area contributed by atoms with Gasteiger partial charge < -0.3 is 25.1 Å². The Balaban J connectivity index is 1.43. The molecule has 2 aliphatic rings. The Morgan fingerprint density at radius 2 is 2.09 bits per heavy atom. The van der Waals surface area contributed by atoms with Crippen molar-refractivity contribution in [2.24, 2.45) is 0 Å². The molecule has 8 heteroatoms. The van der Waals surface area contributed by atoms with Gasteiger partial charge in [0.25, 0.3) is 5.91 Å². The molecule has 2 amide bonds. The molecule has 0 saturated heterocycles. The van der Waals surface area contributed by atoms with Gasteiger partial charge in [-0.3, -0.25) is 14.6 Å². The third-order valence-electron chi connectivity index (χ3n) is 6.87. The van der Waals surface area contributed by atoms with Crippen molar-refractivity contribution in [3.05, 3.63) is 58.9 Å². The van der Waals surface area contributed by atoms with Gasteiger partial charge in [0.15, 0.2) is 0 Å². The summed E-state index contributed by atoms with van der Waals surface area (Å²) in [6, 6.07) is 11.1. The van der Waals surface area contributed by atoms with E-state index in [-0.39, 0.29) is 30.4 Å². The van der Waals surface area contributed by atoms with Gasteiger partial charge in [-0.15, -0.1) is 0 Å². The molecule has 0 radical (unpaired) electrons. The average Bonchev–Trinajstić information content (AvgIpc) is 3.19. The lowest BCUT2D eigenvalue weighted by Crippen LogP contribution is -2.46. The summed E-state index contributed by atoms with van der Waals surface area (Å²) in [4.78, 5) is 42.4. The second-order valence-corrected chi connectivity index (χ2v) is 9.32. The molecule has 1 aromatic carbocycles. The van der Waals surface area contributed by atoms with Crippen LogP contribution in [-0.2, 0) is 22.7 Å². The van der Waals surface area contributed by atoms with Crippen molar-refractivity contribution in [1.82, 2.24) is 20.5 Å². The zero-order chi connectivity index (χ0) is 24.8. The normalized spacial score (nSPS) is 20.3. The first-order chi connectivity index (χ1) is 17.0. The maximum atomic E-state index is 13.0. The molecule has 1 aromatic heterocycles. The van der Waals surface area contributed by atoms with Gasteiger partial charge in [0.1, 0.15) is 24.2 Å². The van der Waals surface area contributed by atoms with Gasteiger partial charge in [0, 0.05) is 43.9 Å². The standard InChI is InChI=1S/C27H34N4O4/c1-18-7-5-8-20(30-18)16-29-23-9-3-4-11-25(23)35-21-12-13-22-19(15-21)17-31(27(22)34)24(10-6-14-32)26(33)28-2/h5,7-8,12-15,23-25,29H,3-4,6,9-11,16-17H2,1-2H3,(H,28,33). The lowest BCUT2D eigenvalue weighted by atomic mass is 9.92. The van der Waals surface area contributed by atoms with E-state index in [4.69, 9.17) is 4.74 Å². The SMILES string of the molecule is CNC(=O)C(CCC=O)N1Cc2cc(OC3CCCCC3NCc3cccc(C)n3)ccc2C1=O. The van der Waals surface area contributed by atoms with E-state index in [2.05, 4.69) is 15.6 Å². The van der Waals surface area contributed by atoms with E-state index < -0.39 is 6.04 Å². The van der Waals surface area contributed by atoms with Crippen molar-refractivity contribution in [3.8, 4) is 5.75 Å². The first-order valence-corrected chi connectivity index (χ1v) is 12.4. The Morgan fingerprint density at radius 1 is 1.26 bits per heavy atom. The van der Waals surface area contributed by atoms with Crippen molar-refractivity contribution >= 4 is 18.1 Å². The number of amides is 2. The molecule has 8 nitrogen and oxygen atoms in total. The number of pyridine rings is 1. The van der Waals surface area contributed by atoms with Crippen molar-refractivity contribution in [1.29, 1.82) is 0 Å². The van der Waals surface area contributed by atoms with Crippen LogP contribution in [0.25, 0.3) is 0 Å². The number of benzene rings is 1. The summed E-state index contributed by atoms with van der Waals surface area (Å²) in [5.74, 6) is 0.285. The second kappa shape index (κ2) is 11.4. The molecular weight excluding hydrogens is 444 g/mol. The molecule has 1 fully saturated rings. The highest BCUT2D eigenvalue weighted by Gasteiger charge is 2.36. The van der Waals surface area contributed by atoms with Gasteiger partial charge >= 0.3 is 0 Å². The maximum absolute atomic E-state index is 13.0. The number of carbonyl (C=O) groups excluding carboxylic acids is 3. The second-order valence-electron chi connectivity index (χ2n) is 9.32. The van der Waals surface area contributed by atoms with E-state index in [0.717, 1.165) is 54.7 Å². The first-order valence-electron chi connectivity index (χ1n) is 12.4. The first kappa shape index (κ1) is 24.9. The van der Waals surface area contributed by atoms with Crippen LogP contribution in [-0.4, -0.2) is 53.2 Å². The van der Waals surface area contributed by atoms with Crippen LogP contribution in [0.1, 0.15) is 65.8 Å². The molecule has 0 spiro atoms. The zero-order valence-corrected chi connectivity index (χ0v) is 20.5. The number of fused-ring (bicyclic) bond motifs is 1. The summed E-state index contributed by atoms with van der Waals surface area (Å²) >= 11 is 0. The average molecular weight is 479 g/mol. The van der Waals surface area contributed by atoms with Crippen LogP contribution in [0.3, 0.4) is 0 Å². The Kier molecular flexibility index (Phi) is 8.13. The molecule has 0 bridgehead atoms. The van der Waals surface area contributed by atoms with Crippen LogP contribution in [0, 0.1) is 6.92 Å². The lowest BCUT2D eigenvalue weighted by molar-refractivity contribution is -0.125. The quantitative estimate of drug-likeness (QED) is 0.510. The van der Waals surface area contributed by atoms with E-state index in [1.807, 2.05) is 37.3 Å². The highest BCUT2D eigenvalue weighted by atomic mass is 16.5. The van der Waals surface area contributed by atoms with E-state index >= 15 is 0 Å². The molecular formula is C27H34N4O4. The fraction of sp³-hybridized carbons (Fsp3) is 0.481. The summed E-state index contributed by atoms with van der Waals surface area (Å²) in [6.45, 7) is 3.02. The Bertz CT molecular complexity index is 1070. The van der Waals surface area contributed by atoms with Crippen molar-refractivity contribution in [2.45, 2.75) is 76.7 Å². The molecule has 3 unspecified atom stereocenters. The molecule has 2 heterocycles. The van der Waals surface area contributed by atoms with Gasteiger partial charge in [0.05, 0.1) is 5.69 Å². The predicted molar refractivity (Wildman–Crippen MR) is 132 cm³/mol. The molecule has 4 rings (SSSR count). The molecule has 3 atom stereocenters. The third-order valence-corrected chi connectivity index (χ3v) is 6.87. The van der Waals surface area contributed by atoms with Crippen LogP contribution in [0.2, 0.25) is 0 Å². The number of aromatic nitrogens is 1. The number of aldehydes is 1. The molecule has 2 aromatic rings. The van der Waals surface area contributed by atoms with E-state index in [9.17, 15) is 14.4 Å². The maximum Gasteiger partial charge on any atom is 0.255 e. The largest absolute Gasteiger partial charge is 0.489 e. The molecule has 2 N–H and O–H groups in total. The molecule has 1 aliphatic heterocycles. The van der Waals surface area contributed by atoms with Crippen molar-refractivity contribution < 1.29 is 19.1 Å². The van der Waals surface area contributed by atoms with Crippen LogP contribution in [0.4, 0.5) is 0 Å². The smallest absolute Gasteiger partial charge is 0.255 e. The molecule has 186 valence electrons. The van der Waals surface area contributed by atoms with Crippen LogP contribution >= 0.6 is 0 Å². The van der Waals surface area contributed by atoms with Gasteiger partial charge in [-0.2, -0.15) is 0 Å². The zero-order valence-electron chi connectivity index (χ0n) is 20.5. The number of nitrogens with zero attached hydrogens (tertiary/aromatic N) is 2. The number of hydrogen-bond donors (Lipinski definition) is 2. The fourth-order valence-corrected chi connectivity index (χ4v) is 5.05. The summed E-state index contributed by atoms with van der Waals surface area (Å²) in [5.41, 5.74) is 3.45. The van der Waals surface area contributed by atoms with Gasteiger partial charge in [-0.1, -0.05) is 12.5 Å². The van der Waals surface area contributed by atoms with Gasteiger partial charge in [-0.25, -0.2) is 0 Å². The number of hydrogen-bond acceptors (Lipinski definition) is 6. The number of nitrogens with one attached hydrogen (secondary N) is 2. The van der Waals surface area contributed by atoms with Crippen LogP contribution in [0.5, 0.6) is 5.75 Å². The fourth-order valence-electron chi connectivity index (χ4n) is 5.05. The number of carbonyl (C=O) groups is 3. The van der Waals surface area contributed by atoms with Gasteiger partial charge in [-0.05, 0) is 68.5 Å². The number of likely N-dealkylation sites (N-methyl/N-ethyl adjacent to an activating group) is 1.